The number of alkyl halides is 3. The Bertz CT molecular complexity index is 783. The largest absolute Gasteiger partial charge is 0.416 e. The number of piperazine rings is 1. The summed E-state index contributed by atoms with van der Waals surface area (Å²) in [5.41, 5.74) is 0.0323. The first kappa shape index (κ1) is 25.1. The number of hydrogen-bond donors (Lipinski definition) is 1. The highest BCUT2D eigenvalue weighted by atomic mass is 19.4. The zero-order valence-corrected chi connectivity index (χ0v) is 20.0. The van der Waals surface area contributed by atoms with Crippen molar-refractivity contribution in [2.75, 3.05) is 76.9 Å². The van der Waals surface area contributed by atoms with Crippen molar-refractivity contribution in [2.45, 2.75) is 38.3 Å². The van der Waals surface area contributed by atoms with Crippen LogP contribution in [-0.2, 0) is 6.18 Å². The minimum atomic E-state index is -4.31. The van der Waals surface area contributed by atoms with Gasteiger partial charge in [0.15, 0.2) is 0 Å². The van der Waals surface area contributed by atoms with E-state index in [9.17, 15) is 18.0 Å². The molecule has 3 fully saturated rings. The molecule has 3 aliphatic rings. The number of amides is 2. The molecule has 0 bridgehead atoms. The van der Waals surface area contributed by atoms with Crippen LogP contribution >= 0.6 is 0 Å². The number of nitrogens with zero attached hydrogens (tertiary/aromatic N) is 4. The fraction of sp³-hybridized carbons (Fsp3) is 0.720. The van der Waals surface area contributed by atoms with E-state index in [1.807, 2.05) is 9.80 Å². The second-order valence-corrected chi connectivity index (χ2v) is 9.90. The van der Waals surface area contributed by atoms with Gasteiger partial charge in [0, 0.05) is 58.0 Å². The van der Waals surface area contributed by atoms with E-state index in [4.69, 9.17) is 0 Å². The molecule has 3 aliphatic heterocycles. The normalized spacial score (nSPS) is 21.3. The van der Waals surface area contributed by atoms with Crippen molar-refractivity contribution in [3.05, 3.63) is 29.8 Å². The lowest BCUT2D eigenvalue weighted by atomic mass is 9.96. The number of benzene rings is 1. The summed E-state index contributed by atoms with van der Waals surface area (Å²) < 4.78 is 38.9. The molecular formula is C25H38F3N5O. The smallest absolute Gasteiger partial charge is 0.369 e. The molecule has 3 saturated heterocycles. The number of urea groups is 1. The molecule has 0 spiro atoms. The monoisotopic (exact) mass is 481 g/mol. The summed E-state index contributed by atoms with van der Waals surface area (Å²) in [6.07, 6.45) is 1.41. The van der Waals surface area contributed by atoms with Crippen LogP contribution in [0.4, 0.5) is 23.7 Å². The molecule has 6 nitrogen and oxygen atoms in total. The van der Waals surface area contributed by atoms with Gasteiger partial charge in [0.05, 0.1) is 5.56 Å². The number of carbonyl (C=O) groups is 1. The van der Waals surface area contributed by atoms with Crippen molar-refractivity contribution in [3.8, 4) is 0 Å². The van der Waals surface area contributed by atoms with Crippen LogP contribution in [0.3, 0.4) is 0 Å². The molecule has 0 saturated carbocycles. The summed E-state index contributed by atoms with van der Waals surface area (Å²) in [5.74, 6) is 0.719. The number of rotatable bonds is 7. The number of carbonyl (C=O) groups excluding carboxylic acids is 1. The van der Waals surface area contributed by atoms with Crippen LogP contribution in [-0.4, -0.2) is 92.7 Å². The van der Waals surface area contributed by atoms with Gasteiger partial charge in [0.25, 0.3) is 0 Å². The summed E-state index contributed by atoms with van der Waals surface area (Å²) in [6.45, 7) is 9.95. The van der Waals surface area contributed by atoms with E-state index >= 15 is 0 Å². The van der Waals surface area contributed by atoms with E-state index < -0.39 is 11.7 Å². The minimum absolute atomic E-state index is 0.0500. The third-order valence-corrected chi connectivity index (χ3v) is 7.46. The summed E-state index contributed by atoms with van der Waals surface area (Å²) in [7, 11) is 0. The quantitative estimate of drug-likeness (QED) is 0.603. The maximum absolute atomic E-state index is 13.0. The molecule has 0 aliphatic carbocycles. The molecule has 3 heterocycles. The average Bonchev–Trinajstić information content (AvgIpc) is 3.35. The number of likely N-dealkylation sites (tertiary alicyclic amines) is 2. The van der Waals surface area contributed by atoms with Crippen LogP contribution in [0.15, 0.2) is 24.3 Å². The SMILES string of the molecule is O=C(NCCCN1CCN(c2cccc(C(F)(F)F)c2)CC1)N1CCC(CN2CCCC2)CC1. The Hall–Kier alpha value is -2.00. The van der Waals surface area contributed by atoms with E-state index in [0.717, 1.165) is 64.0 Å². The van der Waals surface area contributed by atoms with Gasteiger partial charge in [-0.25, -0.2) is 4.79 Å². The van der Waals surface area contributed by atoms with E-state index in [-0.39, 0.29) is 6.03 Å². The first-order valence-corrected chi connectivity index (χ1v) is 12.8. The number of anilines is 1. The Morgan fingerprint density at radius 1 is 0.941 bits per heavy atom. The van der Waals surface area contributed by atoms with E-state index in [2.05, 4.69) is 15.1 Å². The molecular weight excluding hydrogens is 443 g/mol. The summed E-state index contributed by atoms with van der Waals surface area (Å²) in [4.78, 5) is 21.4. The predicted octanol–water partition coefficient (Wildman–Crippen LogP) is 3.73. The van der Waals surface area contributed by atoms with Crippen molar-refractivity contribution in [1.82, 2.24) is 20.0 Å². The predicted molar refractivity (Wildman–Crippen MR) is 128 cm³/mol. The van der Waals surface area contributed by atoms with Gasteiger partial charge in [0.1, 0.15) is 0 Å². The summed E-state index contributed by atoms with van der Waals surface area (Å²) >= 11 is 0. The lowest BCUT2D eigenvalue weighted by Crippen LogP contribution is -2.48. The van der Waals surface area contributed by atoms with E-state index in [1.165, 1.54) is 44.6 Å². The van der Waals surface area contributed by atoms with Gasteiger partial charge >= 0.3 is 12.2 Å². The molecule has 0 radical (unpaired) electrons. The van der Waals surface area contributed by atoms with Crippen LogP contribution in [0, 0.1) is 5.92 Å². The standard InChI is InChI=1S/C25H38F3N5O/c26-25(27,28)22-5-3-6-23(19-22)32-17-15-30(16-18-32)12-4-9-29-24(34)33-13-7-21(8-14-33)20-31-10-1-2-11-31/h3,5-6,19,21H,1-2,4,7-18,20H2,(H,29,34). The minimum Gasteiger partial charge on any atom is -0.369 e. The first-order chi connectivity index (χ1) is 16.4. The lowest BCUT2D eigenvalue weighted by Gasteiger charge is -2.36. The van der Waals surface area contributed by atoms with E-state index in [1.54, 1.807) is 6.07 Å². The number of piperidine rings is 1. The van der Waals surface area contributed by atoms with Gasteiger partial charge in [-0.2, -0.15) is 13.2 Å². The molecule has 1 N–H and O–H groups in total. The highest BCUT2D eigenvalue weighted by Crippen LogP contribution is 2.32. The number of halogens is 3. The summed E-state index contributed by atoms with van der Waals surface area (Å²) in [6, 6.07) is 5.62. The Balaban J connectivity index is 1.09. The topological polar surface area (TPSA) is 42.1 Å². The summed E-state index contributed by atoms with van der Waals surface area (Å²) in [5, 5.41) is 3.07. The molecule has 34 heavy (non-hydrogen) atoms. The van der Waals surface area contributed by atoms with Crippen molar-refractivity contribution >= 4 is 11.7 Å². The molecule has 1 aromatic carbocycles. The van der Waals surface area contributed by atoms with Gasteiger partial charge in [0.2, 0.25) is 0 Å². The Labute approximate surface area is 201 Å². The van der Waals surface area contributed by atoms with Crippen LogP contribution < -0.4 is 10.2 Å². The first-order valence-electron chi connectivity index (χ1n) is 12.8. The van der Waals surface area contributed by atoms with Crippen molar-refractivity contribution in [2.24, 2.45) is 5.92 Å². The van der Waals surface area contributed by atoms with Crippen molar-refractivity contribution < 1.29 is 18.0 Å². The van der Waals surface area contributed by atoms with Gasteiger partial charge < -0.3 is 20.0 Å². The van der Waals surface area contributed by atoms with Crippen molar-refractivity contribution in [1.29, 1.82) is 0 Å². The Kier molecular flexibility index (Phi) is 8.58. The maximum Gasteiger partial charge on any atom is 0.416 e. The Morgan fingerprint density at radius 2 is 1.65 bits per heavy atom. The van der Waals surface area contributed by atoms with Crippen LogP contribution in [0.1, 0.15) is 37.7 Å². The molecule has 0 unspecified atom stereocenters. The van der Waals surface area contributed by atoms with Crippen LogP contribution in [0.25, 0.3) is 0 Å². The van der Waals surface area contributed by atoms with Gasteiger partial charge in [-0.3, -0.25) is 4.90 Å². The highest BCUT2D eigenvalue weighted by molar-refractivity contribution is 5.74. The van der Waals surface area contributed by atoms with Gasteiger partial charge in [-0.05, 0) is 75.9 Å². The van der Waals surface area contributed by atoms with Crippen molar-refractivity contribution in [3.63, 3.8) is 0 Å². The molecule has 9 heteroatoms. The van der Waals surface area contributed by atoms with Gasteiger partial charge in [-0.15, -0.1) is 0 Å². The molecule has 1 aromatic rings. The fourth-order valence-corrected chi connectivity index (χ4v) is 5.37. The Morgan fingerprint density at radius 3 is 2.32 bits per heavy atom. The number of nitrogens with one attached hydrogen (secondary N) is 1. The molecule has 0 atom stereocenters. The highest BCUT2D eigenvalue weighted by Gasteiger charge is 2.31. The fourth-order valence-electron chi connectivity index (χ4n) is 5.37. The van der Waals surface area contributed by atoms with Gasteiger partial charge in [-0.1, -0.05) is 6.07 Å². The third kappa shape index (κ3) is 7.01. The molecule has 190 valence electrons. The zero-order chi connectivity index (χ0) is 24.0. The van der Waals surface area contributed by atoms with Crippen LogP contribution in [0.5, 0.6) is 0 Å². The lowest BCUT2D eigenvalue weighted by molar-refractivity contribution is -0.137. The van der Waals surface area contributed by atoms with Crippen LogP contribution in [0.2, 0.25) is 0 Å². The zero-order valence-electron chi connectivity index (χ0n) is 20.0. The molecule has 2 amide bonds. The average molecular weight is 482 g/mol. The van der Waals surface area contributed by atoms with E-state index in [0.29, 0.717) is 25.3 Å². The second-order valence-electron chi connectivity index (χ2n) is 9.90. The third-order valence-electron chi connectivity index (χ3n) is 7.46. The maximum atomic E-state index is 13.0. The molecule has 4 rings (SSSR count). The molecule has 0 aromatic heterocycles. The second kappa shape index (κ2) is 11.6. The number of hydrogen-bond acceptors (Lipinski definition) is 4.